The minimum atomic E-state index is -4.11. The summed E-state index contributed by atoms with van der Waals surface area (Å²) in [5, 5.41) is 0. The van der Waals surface area contributed by atoms with Gasteiger partial charge in [0.1, 0.15) is 24.4 Å². The highest BCUT2D eigenvalue weighted by Gasteiger charge is 2.51. The molecule has 0 spiro atoms. The molecule has 1 fully saturated rings. The van der Waals surface area contributed by atoms with E-state index in [4.69, 9.17) is 37.3 Å². The van der Waals surface area contributed by atoms with Crippen LogP contribution in [0.3, 0.4) is 0 Å². The van der Waals surface area contributed by atoms with Crippen molar-refractivity contribution in [3.05, 3.63) is 144 Å². The molecule has 0 unspecified atom stereocenters. The number of rotatable bonds is 23. The van der Waals surface area contributed by atoms with Gasteiger partial charge < -0.3 is 23.7 Å². The Morgan fingerprint density at radius 1 is 0.538 bits per heavy atom. The van der Waals surface area contributed by atoms with Crippen molar-refractivity contribution in [2.45, 2.75) is 96.7 Å². The van der Waals surface area contributed by atoms with Crippen LogP contribution in [0.25, 0.3) is 0 Å². The van der Waals surface area contributed by atoms with Gasteiger partial charge in [-0.2, -0.15) is 0 Å². The highest BCUT2D eigenvalue weighted by atomic mass is 31.2. The Hall–Kier alpha value is -3.21. The Morgan fingerprint density at radius 2 is 0.942 bits per heavy atom. The lowest BCUT2D eigenvalue weighted by atomic mass is 9.98. The molecule has 1 saturated heterocycles. The predicted octanol–water partition coefficient (Wildman–Crippen LogP) is 9.44. The average Bonchev–Trinajstić information content (AvgIpc) is 3.18. The maximum atomic E-state index is 14.3. The molecule has 0 bridgehead atoms. The van der Waals surface area contributed by atoms with Gasteiger partial charge in [0.25, 0.3) is 0 Å². The molecule has 9 nitrogen and oxygen atoms in total. The first-order valence-corrected chi connectivity index (χ1v) is 19.8. The fourth-order valence-corrected chi connectivity index (χ4v) is 7.02. The molecule has 52 heavy (non-hydrogen) atoms. The molecule has 4 aromatic carbocycles. The zero-order chi connectivity index (χ0) is 36.3. The molecule has 0 aromatic heterocycles. The van der Waals surface area contributed by atoms with Gasteiger partial charge in [0.15, 0.2) is 6.29 Å². The zero-order valence-electron chi connectivity index (χ0n) is 30.3. The molecule has 1 aliphatic rings. The van der Waals surface area contributed by atoms with Gasteiger partial charge in [-0.05, 0) is 35.1 Å². The van der Waals surface area contributed by atoms with Crippen LogP contribution in [0.1, 0.15) is 61.8 Å². The van der Waals surface area contributed by atoms with E-state index in [1.54, 1.807) is 0 Å². The SMILES string of the molecule is CCCCOP(=O)(OCCCC)O[C@@H]1O[C@H](COCc2ccccc2)[C@@H](OCc2ccccc2)[C@H](OCc2ccccc2)[C@H]1OCc1ccccc1. The first-order valence-electron chi connectivity index (χ1n) is 18.4. The second kappa shape index (κ2) is 22.1. The third kappa shape index (κ3) is 13.0. The number of unbranched alkanes of at least 4 members (excludes halogenated alkanes) is 2. The zero-order valence-corrected chi connectivity index (χ0v) is 31.2. The van der Waals surface area contributed by atoms with Crippen LogP contribution < -0.4 is 0 Å². The summed E-state index contributed by atoms with van der Waals surface area (Å²) in [5.41, 5.74) is 3.93. The standard InChI is InChI=1S/C42H53O9P/c1-3-5-27-48-52(43,49-28-6-4-2)51-42-41(47-32-37-25-17-10-18-26-37)40(46-31-36-23-15-9-16-24-36)39(45-30-35-21-13-8-14-22-35)38(50-42)33-44-29-34-19-11-7-12-20-34/h7-26,38-42H,3-6,27-33H2,1-2H3/t38-,39-,40+,41-,42+/m1/s1. The Balaban J connectivity index is 1.49. The number of hydrogen-bond donors (Lipinski definition) is 0. The van der Waals surface area contributed by atoms with E-state index >= 15 is 0 Å². The maximum Gasteiger partial charge on any atom is 0.477 e. The largest absolute Gasteiger partial charge is 0.477 e. The number of hydrogen-bond acceptors (Lipinski definition) is 9. The predicted molar refractivity (Wildman–Crippen MR) is 200 cm³/mol. The molecule has 1 aliphatic heterocycles. The minimum absolute atomic E-state index is 0.141. The second-order valence-electron chi connectivity index (χ2n) is 12.8. The fraction of sp³-hybridized carbons (Fsp3) is 0.429. The maximum absolute atomic E-state index is 14.3. The molecule has 5 rings (SSSR count). The second-order valence-corrected chi connectivity index (χ2v) is 14.4. The lowest BCUT2D eigenvalue weighted by Crippen LogP contribution is -2.61. The van der Waals surface area contributed by atoms with Crippen molar-refractivity contribution in [1.82, 2.24) is 0 Å². The molecule has 5 atom stereocenters. The Kier molecular flexibility index (Phi) is 17.0. The number of ether oxygens (including phenoxy) is 5. The van der Waals surface area contributed by atoms with E-state index in [1.807, 2.05) is 135 Å². The van der Waals surface area contributed by atoms with E-state index < -0.39 is 38.5 Å². The number of phosphoric ester groups is 1. The van der Waals surface area contributed by atoms with Crippen molar-refractivity contribution in [3.8, 4) is 0 Å². The molecular formula is C42H53O9P. The summed E-state index contributed by atoms with van der Waals surface area (Å²) >= 11 is 0. The van der Waals surface area contributed by atoms with E-state index in [0.29, 0.717) is 26.1 Å². The third-order valence-corrected chi connectivity index (χ3v) is 10.0. The first kappa shape index (κ1) is 40.0. The summed E-state index contributed by atoms with van der Waals surface area (Å²) in [6, 6.07) is 39.6. The molecule has 0 amide bonds. The molecule has 0 saturated carbocycles. The van der Waals surface area contributed by atoms with E-state index in [0.717, 1.165) is 35.1 Å². The van der Waals surface area contributed by atoms with Crippen LogP contribution in [-0.2, 0) is 68.2 Å². The molecule has 10 heteroatoms. The summed E-state index contributed by atoms with van der Waals surface area (Å²) in [7, 11) is -4.11. The van der Waals surface area contributed by atoms with Gasteiger partial charge in [-0.3, -0.25) is 13.6 Å². The van der Waals surface area contributed by atoms with Crippen LogP contribution in [0, 0.1) is 0 Å². The van der Waals surface area contributed by atoms with Crippen molar-refractivity contribution in [2.75, 3.05) is 19.8 Å². The van der Waals surface area contributed by atoms with Crippen LogP contribution in [0.2, 0.25) is 0 Å². The molecule has 0 aliphatic carbocycles. The van der Waals surface area contributed by atoms with Crippen molar-refractivity contribution < 1.29 is 41.8 Å². The first-order chi connectivity index (χ1) is 25.6. The Morgan fingerprint density at radius 3 is 1.38 bits per heavy atom. The van der Waals surface area contributed by atoms with Crippen LogP contribution in [0.5, 0.6) is 0 Å². The lowest BCUT2D eigenvalue weighted by Gasteiger charge is -2.46. The molecule has 0 N–H and O–H groups in total. The van der Waals surface area contributed by atoms with Gasteiger partial charge in [-0.25, -0.2) is 4.57 Å². The summed E-state index contributed by atoms with van der Waals surface area (Å²) < 4.78 is 65.5. The monoisotopic (exact) mass is 732 g/mol. The van der Waals surface area contributed by atoms with Gasteiger partial charge in [-0.15, -0.1) is 0 Å². The van der Waals surface area contributed by atoms with E-state index in [9.17, 15) is 4.57 Å². The fourth-order valence-electron chi connectivity index (χ4n) is 5.70. The Labute approximate surface area is 309 Å². The molecule has 4 aromatic rings. The molecule has 0 radical (unpaired) electrons. The third-order valence-electron chi connectivity index (χ3n) is 8.57. The van der Waals surface area contributed by atoms with E-state index in [-0.39, 0.29) is 33.0 Å². The van der Waals surface area contributed by atoms with Crippen LogP contribution in [0.4, 0.5) is 0 Å². The van der Waals surface area contributed by atoms with Gasteiger partial charge >= 0.3 is 7.82 Å². The topological polar surface area (TPSA) is 90.9 Å². The lowest BCUT2D eigenvalue weighted by molar-refractivity contribution is -0.313. The van der Waals surface area contributed by atoms with Gasteiger partial charge in [0.2, 0.25) is 0 Å². The van der Waals surface area contributed by atoms with E-state index in [2.05, 4.69) is 0 Å². The number of benzene rings is 4. The van der Waals surface area contributed by atoms with Crippen LogP contribution in [-0.4, -0.2) is 50.5 Å². The van der Waals surface area contributed by atoms with Crippen molar-refractivity contribution in [1.29, 1.82) is 0 Å². The molecular weight excluding hydrogens is 679 g/mol. The normalized spacial score (nSPS) is 20.5. The van der Waals surface area contributed by atoms with Crippen LogP contribution >= 0.6 is 7.82 Å². The van der Waals surface area contributed by atoms with Gasteiger partial charge in [-0.1, -0.05) is 148 Å². The molecule has 1 heterocycles. The van der Waals surface area contributed by atoms with Crippen molar-refractivity contribution in [2.24, 2.45) is 0 Å². The summed E-state index contributed by atoms with van der Waals surface area (Å²) in [6.07, 6.45) is -1.11. The van der Waals surface area contributed by atoms with Crippen molar-refractivity contribution in [3.63, 3.8) is 0 Å². The molecule has 280 valence electrons. The number of phosphoric acid groups is 1. The summed E-state index contributed by atoms with van der Waals surface area (Å²) in [5.74, 6) is 0. The minimum Gasteiger partial charge on any atom is -0.374 e. The Bertz CT molecular complexity index is 1550. The quantitative estimate of drug-likeness (QED) is 0.0547. The highest BCUT2D eigenvalue weighted by Crippen LogP contribution is 2.52. The van der Waals surface area contributed by atoms with E-state index in [1.165, 1.54) is 0 Å². The van der Waals surface area contributed by atoms with Gasteiger partial charge in [0, 0.05) is 0 Å². The average molecular weight is 733 g/mol. The van der Waals surface area contributed by atoms with Gasteiger partial charge in [0.05, 0.1) is 46.2 Å². The van der Waals surface area contributed by atoms with Crippen molar-refractivity contribution >= 4 is 7.82 Å². The van der Waals surface area contributed by atoms with Crippen LogP contribution in [0.15, 0.2) is 121 Å². The highest BCUT2D eigenvalue weighted by molar-refractivity contribution is 7.48. The summed E-state index contributed by atoms with van der Waals surface area (Å²) in [6.45, 7) is 5.78. The summed E-state index contributed by atoms with van der Waals surface area (Å²) in [4.78, 5) is 0. The smallest absolute Gasteiger partial charge is 0.374 e.